The number of nitrogens with zero attached hydrogens (tertiary/aromatic N) is 1. The van der Waals surface area contributed by atoms with Gasteiger partial charge in [-0.15, -0.1) is 0 Å². The third-order valence-corrected chi connectivity index (χ3v) is 4.81. The first-order chi connectivity index (χ1) is 9.12. The SMILES string of the molecule is Cc1ccc2cn[nH]c2c1C(O)C1(C)CCCCC1. The minimum absolute atomic E-state index is 0.00238. The number of H-pyrrole nitrogens is 1. The van der Waals surface area contributed by atoms with Gasteiger partial charge in [0.2, 0.25) is 0 Å². The predicted molar refractivity (Wildman–Crippen MR) is 77.0 cm³/mol. The molecule has 1 heterocycles. The highest BCUT2D eigenvalue weighted by Crippen LogP contribution is 2.47. The molecule has 0 spiro atoms. The Kier molecular flexibility index (Phi) is 3.09. The molecule has 1 atom stereocenters. The standard InChI is InChI=1S/C16H22N2O/c1-11-6-7-12-10-17-18-14(12)13(11)15(19)16(2)8-4-3-5-9-16/h6-7,10,15,19H,3-5,8-9H2,1-2H3,(H,17,18). The lowest BCUT2D eigenvalue weighted by atomic mass is 9.69. The van der Waals surface area contributed by atoms with E-state index in [4.69, 9.17) is 0 Å². The summed E-state index contributed by atoms with van der Waals surface area (Å²) in [4.78, 5) is 0. The van der Waals surface area contributed by atoms with E-state index in [1.165, 1.54) is 19.3 Å². The van der Waals surface area contributed by atoms with Crippen LogP contribution < -0.4 is 0 Å². The molecule has 3 rings (SSSR count). The number of aliphatic hydroxyl groups is 1. The summed E-state index contributed by atoms with van der Waals surface area (Å²) >= 11 is 0. The van der Waals surface area contributed by atoms with Gasteiger partial charge in [-0.05, 0) is 30.7 Å². The van der Waals surface area contributed by atoms with Crippen molar-refractivity contribution in [2.24, 2.45) is 5.41 Å². The summed E-state index contributed by atoms with van der Waals surface area (Å²) in [5, 5.41) is 19.2. The van der Waals surface area contributed by atoms with Gasteiger partial charge >= 0.3 is 0 Å². The number of aryl methyl sites for hydroxylation is 1. The largest absolute Gasteiger partial charge is 0.388 e. The summed E-state index contributed by atoms with van der Waals surface area (Å²) < 4.78 is 0. The van der Waals surface area contributed by atoms with E-state index in [0.29, 0.717) is 0 Å². The van der Waals surface area contributed by atoms with Crippen LogP contribution in [-0.2, 0) is 0 Å². The quantitative estimate of drug-likeness (QED) is 0.859. The minimum atomic E-state index is -0.406. The first-order valence-electron chi connectivity index (χ1n) is 7.22. The van der Waals surface area contributed by atoms with Crippen LogP contribution >= 0.6 is 0 Å². The molecule has 0 radical (unpaired) electrons. The van der Waals surface area contributed by atoms with Gasteiger partial charge in [0.15, 0.2) is 0 Å². The lowest BCUT2D eigenvalue weighted by molar-refractivity contribution is 0.00867. The summed E-state index contributed by atoms with van der Waals surface area (Å²) in [6.07, 6.45) is 7.40. The second-order valence-corrected chi connectivity index (χ2v) is 6.25. The summed E-state index contributed by atoms with van der Waals surface area (Å²) in [5.74, 6) is 0. The molecule has 2 N–H and O–H groups in total. The van der Waals surface area contributed by atoms with Gasteiger partial charge in [0.25, 0.3) is 0 Å². The van der Waals surface area contributed by atoms with Crippen LogP contribution in [-0.4, -0.2) is 15.3 Å². The maximum absolute atomic E-state index is 11.0. The molecule has 19 heavy (non-hydrogen) atoms. The van der Waals surface area contributed by atoms with Gasteiger partial charge in [0.1, 0.15) is 0 Å². The molecule has 1 unspecified atom stereocenters. The van der Waals surface area contributed by atoms with Crippen LogP contribution in [0.4, 0.5) is 0 Å². The second-order valence-electron chi connectivity index (χ2n) is 6.25. The van der Waals surface area contributed by atoms with Crippen LogP contribution in [0.3, 0.4) is 0 Å². The van der Waals surface area contributed by atoms with E-state index in [1.807, 2.05) is 6.20 Å². The van der Waals surface area contributed by atoms with Crippen molar-refractivity contribution in [1.82, 2.24) is 10.2 Å². The predicted octanol–water partition coefficient (Wildman–Crippen LogP) is 3.88. The van der Waals surface area contributed by atoms with Crippen molar-refractivity contribution in [1.29, 1.82) is 0 Å². The number of benzene rings is 1. The molecule has 0 saturated heterocycles. The fourth-order valence-electron chi connectivity index (χ4n) is 3.47. The average molecular weight is 258 g/mol. The van der Waals surface area contributed by atoms with Gasteiger partial charge in [0.05, 0.1) is 17.8 Å². The van der Waals surface area contributed by atoms with Crippen molar-refractivity contribution in [2.75, 3.05) is 0 Å². The third-order valence-electron chi connectivity index (χ3n) is 4.81. The maximum atomic E-state index is 11.0. The maximum Gasteiger partial charge on any atom is 0.0866 e. The zero-order valence-electron chi connectivity index (χ0n) is 11.7. The summed E-state index contributed by atoms with van der Waals surface area (Å²) in [6.45, 7) is 4.30. The molecule has 102 valence electrons. The number of hydrogen-bond acceptors (Lipinski definition) is 2. The van der Waals surface area contributed by atoms with E-state index >= 15 is 0 Å². The van der Waals surface area contributed by atoms with Gasteiger partial charge in [-0.3, -0.25) is 5.10 Å². The molecule has 1 aliphatic rings. The highest BCUT2D eigenvalue weighted by Gasteiger charge is 2.36. The Hall–Kier alpha value is -1.35. The van der Waals surface area contributed by atoms with Gasteiger partial charge in [0, 0.05) is 10.9 Å². The minimum Gasteiger partial charge on any atom is -0.388 e. The molecule has 1 saturated carbocycles. The van der Waals surface area contributed by atoms with Crippen LogP contribution in [0.25, 0.3) is 10.9 Å². The van der Waals surface area contributed by atoms with Crippen molar-refractivity contribution < 1.29 is 5.11 Å². The zero-order valence-corrected chi connectivity index (χ0v) is 11.7. The summed E-state index contributed by atoms with van der Waals surface area (Å²) in [6, 6.07) is 4.15. The van der Waals surface area contributed by atoms with Crippen molar-refractivity contribution in [2.45, 2.75) is 52.1 Å². The number of aliphatic hydroxyl groups excluding tert-OH is 1. The highest BCUT2D eigenvalue weighted by molar-refractivity contribution is 5.82. The van der Waals surface area contributed by atoms with Crippen LogP contribution in [0.15, 0.2) is 18.3 Å². The molecular weight excluding hydrogens is 236 g/mol. The van der Waals surface area contributed by atoms with Gasteiger partial charge < -0.3 is 5.11 Å². The number of fused-ring (bicyclic) bond motifs is 1. The normalized spacial score (nSPS) is 20.6. The lowest BCUT2D eigenvalue weighted by Gasteiger charge is -2.38. The molecule has 0 bridgehead atoms. The topological polar surface area (TPSA) is 48.9 Å². The van der Waals surface area contributed by atoms with Crippen LogP contribution in [0, 0.1) is 12.3 Å². The summed E-state index contributed by atoms with van der Waals surface area (Å²) in [7, 11) is 0. The monoisotopic (exact) mass is 258 g/mol. The van der Waals surface area contributed by atoms with Gasteiger partial charge in [-0.25, -0.2) is 0 Å². The van der Waals surface area contributed by atoms with Crippen LogP contribution in [0.2, 0.25) is 0 Å². The Bertz CT molecular complexity index is 581. The fraction of sp³-hybridized carbons (Fsp3) is 0.562. The highest BCUT2D eigenvalue weighted by atomic mass is 16.3. The molecule has 2 aromatic rings. The molecule has 3 nitrogen and oxygen atoms in total. The zero-order chi connectivity index (χ0) is 13.5. The lowest BCUT2D eigenvalue weighted by Crippen LogP contribution is -2.28. The molecule has 0 amide bonds. The number of hydrogen-bond donors (Lipinski definition) is 2. The number of aromatic amines is 1. The van der Waals surface area contributed by atoms with E-state index in [9.17, 15) is 5.11 Å². The molecule has 1 fully saturated rings. The molecule has 0 aliphatic heterocycles. The Labute approximate surface area is 114 Å². The van der Waals surface area contributed by atoms with Crippen molar-refractivity contribution >= 4 is 10.9 Å². The van der Waals surface area contributed by atoms with Crippen molar-refractivity contribution in [3.63, 3.8) is 0 Å². The first kappa shape index (κ1) is 12.7. The Morgan fingerprint density at radius 3 is 2.74 bits per heavy atom. The fourth-order valence-corrected chi connectivity index (χ4v) is 3.47. The molecular formula is C16H22N2O. The van der Waals surface area contributed by atoms with Crippen LogP contribution in [0.5, 0.6) is 0 Å². The van der Waals surface area contributed by atoms with Gasteiger partial charge in [-0.2, -0.15) is 5.10 Å². The Balaban J connectivity index is 2.07. The molecule has 1 aromatic heterocycles. The third kappa shape index (κ3) is 2.06. The average Bonchev–Trinajstić information content (AvgIpc) is 2.87. The number of nitrogens with one attached hydrogen (secondary N) is 1. The van der Waals surface area contributed by atoms with Crippen molar-refractivity contribution in [3.05, 3.63) is 29.5 Å². The Morgan fingerprint density at radius 2 is 2.00 bits per heavy atom. The van der Waals surface area contributed by atoms with E-state index in [1.54, 1.807) is 0 Å². The van der Waals surface area contributed by atoms with E-state index in [-0.39, 0.29) is 5.41 Å². The van der Waals surface area contributed by atoms with E-state index in [2.05, 4.69) is 36.2 Å². The van der Waals surface area contributed by atoms with Crippen LogP contribution in [0.1, 0.15) is 56.3 Å². The van der Waals surface area contributed by atoms with E-state index < -0.39 is 6.10 Å². The molecule has 1 aromatic carbocycles. The molecule has 3 heteroatoms. The smallest absolute Gasteiger partial charge is 0.0866 e. The number of rotatable bonds is 2. The first-order valence-corrected chi connectivity index (χ1v) is 7.22. The second kappa shape index (κ2) is 4.64. The number of aromatic nitrogens is 2. The summed E-state index contributed by atoms with van der Waals surface area (Å²) in [5.41, 5.74) is 3.19. The van der Waals surface area contributed by atoms with Crippen molar-refractivity contribution in [3.8, 4) is 0 Å². The molecule has 1 aliphatic carbocycles. The Morgan fingerprint density at radius 1 is 1.26 bits per heavy atom. The van der Waals surface area contributed by atoms with Gasteiger partial charge in [-0.1, -0.05) is 38.3 Å². The van der Waals surface area contributed by atoms with E-state index in [0.717, 1.165) is 34.9 Å².